The minimum Gasteiger partial charge on any atom is -0.493 e. The molecular weight excluding hydrogens is 402 g/mol. The van der Waals surface area contributed by atoms with Crippen LogP contribution < -0.4 is 24.3 Å². The Hall–Kier alpha value is -2.41. The maximum absolute atomic E-state index is 12.9. The second-order valence-electron chi connectivity index (χ2n) is 5.62. The second-order valence-corrected chi connectivity index (χ2v) is 6.42. The highest BCUT2D eigenvalue weighted by atomic mass is 79.9. The molecule has 0 saturated carbocycles. The largest absolute Gasteiger partial charge is 0.493 e. The van der Waals surface area contributed by atoms with E-state index in [0.717, 1.165) is 0 Å². The van der Waals surface area contributed by atoms with E-state index in [2.05, 4.69) is 21.2 Å². The SMILES string of the molecule is COc1cc(C(=O)Nc2ccccc2OC(C)C)c(Br)c(OC)c1OC. The van der Waals surface area contributed by atoms with E-state index in [9.17, 15) is 4.79 Å². The Labute approximate surface area is 161 Å². The van der Waals surface area contributed by atoms with Gasteiger partial charge in [-0.05, 0) is 48.0 Å². The average molecular weight is 424 g/mol. The fraction of sp³-hybridized carbons (Fsp3) is 0.316. The molecule has 2 aromatic carbocycles. The van der Waals surface area contributed by atoms with Crippen LogP contribution in [0.3, 0.4) is 0 Å². The second kappa shape index (κ2) is 8.80. The summed E-state index contributed by atoms with van der Waals surface area (Å²) < 4.78 is 22.2. The number of amides is 1. The fourth-order valence-corrected chi connectivity index (χ4v) is 3.04. The molecule has 0 saturated heterocycles. The summed E-state index contributed by atoms with van der Waals surface area (Å²) in [4.78, 5) is 12.9. The summed E-state index contributed by atoms with van der Waals surface area (Å²) in [6, 6.07) is 8.85. The van der Waals surface area contributed by atoms with Crippen molar-refractivity contribution in [2.24, 2.45) is 0 Å². The van der Waals surface area contributed by atoms with Gasteiger partial charge in [-0.3, -0.25) is 4.79 Å². The lowest BCUT2D eigenvalue weighted by Gasteiger charge is -2.18. The van der Waals surface area contributed by atoms with Crippen LogP contribution in [0.1, 0.15) is 24.2 Å². The van der Waals surface area contributed by atoms with Crippen molar-refractivity contribution in [3.05, 3.63) is 40.4 Å². The molecule has 2 aromatic rings. The van der Waals surface area contributed by atoms with Crippen LogP contribution in [0.25, 0.3) is 0 Å². The van der Waals surface area contributed by atoms with Crippen molar-refractivity contribution >= 4 is 27.5 Å². The van der Waals surface area contributed by atoms with E-state index in [4.69, 9.17) is 18.9 Å². The standard InChI is InChI=1S/C19H22BrNO5/c1-11(2)26-14-9-7-6-8-13(14)21-19(22)12-10-15(23-3)17(24-4)18(25-5)16(12)20/h6-11H,1-5H3,(H,21,22). The molecule has 140 valence electrons. The lowest BCUT2D eigenvalue weighted by Crippen LogP contribution is -2.15. The highest BCUT2D eigenvalue weighted by Crippen LogP contribution is 2.45. The molecule has 2 rings (SSSR count). The van der Waals surface area contributed by atoms with Gasteiger partial charge in [0.25, 0.3) is 5.91 Å². The Balaban J connectivity index is 2.42. The van der Waals surface area contributed by atoms with E-state index in [-0.39, 0.29) is 12.0 Å². The molecule has 0 heterocycles. The Morgan fingerprint density at radius 3 is 2.23 bits per heavy atom. The van der Waals surface area contributed by atoms with Crippen molar-refractivity contribution in [3.63, 3.8) is 0 Å². The van der Waals surface area contributed by atoms with Gasteiger partial charge in [0.2, 0.25) is 5.75 Å². The van der Waals surface area contributed by atoms with E-state index >= 15 is 0 Å². The first-order chi connectivity index (χ1) is 12.4. The lowest BCUT2D eigenvalue weighted by atomic mass is 10.1. The van der Waals surface area contributed by atoms with Crippen LogP contribution in [0.4, 0.5) is 5.69 Å². The van der Waals surface area contributed by atoms with Crippen molar-refractivity contribution in [2.45, 2.75) is 20.0 Å². The molecule has 0 unspecified atom stereocenters. The smallest absolute Gasteiger partial charge is 0.257 e. The number of methoxy groups -OCH3 is 3. The molecular formula is C19H22BrNO5. The molecule has 26 heavy (non-hydrogen) atoms. The predicted octanol–water partition coefficient (Wildman–Crippen LogP) is 4.51. The van der Waals surface area contributed by atoms with Crippen molar-refractivity contribution in [3.8, 4) is 23.0 Å². The molecule has 0 aliphatic carbocycles. The van der Waals surface area contributed by atoms with E-state index < -0.39 is 0 Å². The molecule has 6 nitrogen and oxygen atoms in total. The molecule has 0 radical (unpaired) electrons. The first kappa shape index (κ1) is 19.9. The van der Waals surface area contributed by atoms with Crippen LogP contribution in [-0.4, -0.2) is 33.3 Å². The van der Waals surface area contributed by atoms with Gasteiger partial charge in [0, 0.05) is 0 Å². The normalized spacial score (nSPS) is 10.4. The Kier molecular flexibility index (Phi) is 6.74. The Morgan fingerprint density at radius 2 is 1.65 bits per heavy atom. The fourth-order valence-electron chi connectivity index (χ4n) is 2.40. The van der Waals surface area contributed by atoms with E-state index in [1.807, 2.05) is 26.0 Å². The minimum atomic E-state index is -0.337. The number of rotatable bonds is 7. The minimum absolute atomic E-state index is 0.0130. The zero-order chi connectivity index (χ0) is 19.3. The third-order valence-corrected chi connectivity index (χ3v) is 4.30. The first-order valence-electron chi connectivity index (χ1n) is 7.98. The summed E-state index contributed by atoms with van der Waals surface area (Å²) in [7, 11) is 4.50. The Bertz CT molecular complexity index is 792. The maximum Gasteiger partial charge on any atom is 0.257 e. The zero-order valence-corrected chi connectivity index (χ0v) is 17.0. The number of ether oxygens (including phenoxy) is 4. The number of anilines is 1. The van der Waals surface area contributed by atoms with Gasteiger partial charge >= 0.3 is 0 Å². The monoisotopic (exact) mass is 423 g/mol. The lowest BCUT2D eigenvalue weighted by molar-refractivity contribution is 0.102. The number of hydrogen-bond acceptors (Lipinski definition) is 5. The van der Waals surface area contributed by atoms with Crippen molar-refractivity contribution in [2.75, 3.05) is 26.6 Å². The number of benzene rings is 2. The van der Waals surface area contributed by atoms with Crippen LogP contribution in [0, 0.1) is 0 Å². The third-order valence-electron chi connectivity index (χ3n) is 3.51. The highest BCUT2D eigenvalue weighted by Gasteiger charge is 2.23. The van der Waals surface area contributed by atoms with Crippen LogP contribution in [0.5, 0.6) is 23.0 Å². The van der Waals surface area contributed by atoms with Gasteiger partial charge in [-0.25, -0.2) is 0 Å². The molecule has 0 fully saturated rings. The topological polar surface area (TPSA) is 66.0 Å². The summed E-state index contributed by atoms with van der Waals surface area (Å²) in [6.45, 7) is 3.85. The third kappa shape index (κ3) is 4.22. The van der Waals surface area contributed by atoms with Gasteiger partial charge in [0.1, 0.15) is 5.75 Å². The van der Waals surface area contributed by atoms with Crippen molar-refractivity contribution < 1.29 is 23.7 Å². The quantitative estimate of drug-likeness (QED) is 0.709. The number of hydrogen-bond donors (Lipinski definition) is 1. The van der Waals surface area contributed by atoms with Gasteiger partial charge in [-0.1, -0.05) is 12.1 Å². The molecule has 1 N–H and O–H groups in total. The number of nitrogens with one attached hydrogen (secondary N) is 1. The van der Waals surface area contributed by atoms with Crippen LogP contribution in [-0.2, 0) is 0 Å². The van der Waals surface area contributed by atoms with E-state index in [0.29, 0.717) is 38.7 Å². The van der Waals surface area contributed by atoms with Gasteiger partial charge in [-0.2, -0.15) is 0 Å². The van der Waals surface area contributed by atoms with Crippen LogP contribution >= 0.6 is 15.9 Å². The number of para-hydroxylation sites is 2. The molecule has 0 aliphatic rings. The maximum atomic E-state index is 12.9. The summed E-state index contributed by atoms with van der Waals surface area (Å²) in [6.07, 6.45) is -0.0130. The molecule has 0 aromatic heterocycles. The molecule has 0 bridgehead atoms. The average Bonchev–Trinajstić information content (AvgIpc) is 2.62. The summed E-state index contributed by atoms with van der Waals surface area (Å²) in [5, 5.41) is 2.87. The van der Waals surface area contributed by atoms with Crippen molar-refractivity contribution in [1.82, 2.24) is 0 Å². The van der Waals surface area contributed by atoms with Gasteiger partial charge in [0.15, 0.2) is 11.5 Å². The van der Waals surface area contributed by atoms with E-state index in [1.54, 1.807) is 18.2 Å². The highest BCUT2D eigenvalue weighted by molar-refractivity contribution is 9.10. The molecule has 0 aliphatic heterocycles. The first-order valence-corrected chi connectivity index (χ1v) is 8.77. The summed E-state index contributed by atoms with van der Waals surface area (Å²) in [5.74, 6) is 1.44. The van der Waals surface area contributed by atoms with Crippen LogP contribution in [0.2, 0.25) is 0 Å². The zero-order valence-electron chi connectivity index (χ0n) is 15.4. The molecule has 7 heteroatoms. The molecule has 0 spiro atoms. The van der Waals surface area contributed by atoms with Crippen molar-refractivity contribution in [1.29, 1.82) is 0 Å². The summed E-state index contributed by atoms with van der Waals surface area (Å²) >= 11 is 3.42. The van der Waals surface area contributed by atoms with E-state index in [1.165, 1.54) is 21.3 Å². The summed E-state index contributed by atoms with van der Waals surface area (Å²) in [5.41, 5.74) is 0.922. The predicted molar refractivity (Wildman–Crippen MR) is 104 cm³/mol. The number of carbonyl (C=O) groups is 1. The number of carbonyl (C=O) groups excluding carboxylic acids is 1. The van der Waals surface area contributed by atoms with Gasteiger partial charge in [-0.15, -0.1) is 0 Å². The Morgan fingerprint density at radius 1 is 1.00 bits per heavy atom. The van der Waals surface area contributed by atoms with Gasteiger partial charge in [0.05, 0.1) is 43.2 Å². The molecule has 0 atom stereocenters. The van der Waals surface area contributed by atoms with Crippen LogP contribution in [0.15, 0.2) is 34.8 Å². The number of halogens is 1. The van der Waals surface area contributed by atoms with Gasteiger partial charge < -0.3 is 24.3 Å². The molecule has 1 amide bonds.